The second-order valence-electron chi connectivity index (χ2n) is 6.24. The smallest absolute Gasteiger partial charge is 0.0133 e. The lowest BCUT2D eigenvalue weighted by Crippen LogP contribution is -2.62. The summed E-state index contributed by atoms with van der Waals surface area (Å²) in [6.07, 6.45) is 1.34. The highest BCUT2D eigenvalue weighted by Gasteiger charge is 2.41. The molecular formula is C11H23N. The van der Waals surface area contributed by atoms with Crippen LogP contribution < -0.4 is 5.32 Å². The molecule has 2 atom stereocenters. The molecule has 1 nitrogen and oxygen atoms in total. The molecule has 0 aliphatic carbocycles. The summed E-state index contributed by atoms with van der Waals surface area (Å²) in [4.78, 5) is 0. The van der Waals surface area contributed by atoms with Crippen LogP contribution in [0.4, 0.5) is 0 Å². The molecule has 0 amide bonds. The van der Waals surface area contributed by atoms with Gasteiger partial charge in [-0.05, 0) is 17.3 Å². The van der Waals surface area contributed by atoms with E-state index in [0.29, 0.717) is 10.8 Å². The summed E-state index contributed by atoms with van der Waals surface area (Å²) >= 11 is 0. The van der Waals surface area contributed by atoms with E-state index in [9.17, 15) is 0 Å². The molecule has 0 radical (unpaired) electrons. The summed E-state index contributed by atoms with van der Waals surface area (Å²) < 4.78 is 0. The van der Waals surface area contributed by atoms with Crippen LogP contribution in [0.2, 0.25) is 0 Å². The van der Waals surface area contributed by atoms with E-state index in [-0.39, 0.29) is 0 Å². The molecule has 1 aliphatic rings. The van der Waals surface area contributed by atoms with Crippen LogP contribution in [0, 0.1) is 10.8 Å². The molecule has 1 saturated heterocycles. The molecule has 72 valence electrons. The number of hydrogen-bond acceptors (Lipinski definition) is 1. The molecule has 2 unspecified atom stereocenters. The monoisotopic (exact) mass is 169 g/mol. The minimum Gasteiger partial charge on any atom is -0.310 e. The Balaban J connectivity index is 2.39. The summed E-state index contributed by atoms with van der Waals surface area (Å²) in [6, 6.07) is 1.45. The molecular weight excluding hydrogens is 146 g/mol. The van der Waals surface area contributed by atoms with Crippen LogP contribution in [0.1, 0.15) is 48.0 Å². The van der Waals surface area contributed by atoms with Crippen molar-refractivity contribution in [2.75, 3.05) is 0 Å². The topological polar surface area (TPSA) is 12.0 Å². The first kappa shape index (κ1) is 10.0. The Labute approximate surface area is 76.9 Å². The Hall–Kier alpha value is -0.0400. The molecule has 1 fully saturated rings. The SMILES string of the molecule is CC(C)(C)C1CC(C(C)(C)C)N1. The summed E-state index contributed by atoms with van der Waals surface area (Å²) in [5.74, 6) is 0. The zero-order valence-corrected chi connectivity index (χ0v) is 9.36. The average Bonchev–Trinajstić information content (AvgIpc) is 1.46. The predicted octanol–water partition coefficient (Wildman–Crippen LogP) is 2.81. The van der Waals surface area contributed by atoms with Gasteiger partial charge in [-0.15, -0.1) is 0 Å². The zero-order chi connectivity index (χ0) is 9.57. The van der Waals surface area contributed by atoms with Crippen LogP contribution in [0.5, 0.6) is 0 Å². The Kier molecular flexibility index (Phi) is 2.28. The first-order valence-electron chi connectivity index (χ1n) is 4.97. The van der Waals surface area contributed by atoms with Gasteiger partial charge in [0.2, 0.25) is 0 Å². The standard InChI is InChI=1S/C11H23N/c1-10(2,3)8-7-9(12-8)11(4,5)6/h8-9,12H,7H2,1-6H3. The highest BCUT2D eigenvalue weighted by molar-refractivity contribution is 4.99. The van der Waals surface area contributed by atoms with Gasteiger partial charge in [0, 0.05) is 12.1 Å². The molecule has 0 aromatic heterocycles. The third kappa shape index (κ3) is 2.01. The molecule has 0 aromatic rings. The van der Waals surface area contributed by atoms with E-state index in [1.807, 2.05) is 0 Å². The summed E-state index contributed by atoms with van der Waals surface area (Å²) in [5, 5.41) is 3.66. The maximum atomic E-state index is 3.66. The van der Waals surface area contributed by atoms with Crippen molar-refractivity contribution >= 4 is 0 Å². The van der Waals surface area contributed by atoms with E-state index in [2.05, 4.69) is 46.9 Å². The minimum atomic E-state index is 0.432. The Morgan fingerprint density at radius 3 is 1.25 bits per heavy atom. The lowest BCUT2D eigenvalue weighted by Gasteiger charge is -2.50. The van der Waals surface area contributed by atoms with Crippen molar-refractivity contribution in [3.63, 3.8) is 0 Å². The second-order valence-corrected chi connectivity index (χ2v) is 6.24. The number of nitrogens with one attached hydrogen (secondary N) is 1. The van der Waals surface area contributed by atoms with Crippen LogP contribution in [0.15, 0.2) is 0 Å². The summed E-state index contributed by atoms with van der Waals surface area (Å²) in [6.45, 7) is 13.9. The van der Waals surface area contributed by atoms with Crippen molar-refractivity contribution < 1.29 is 0 Å². The van der Waals surface area contributed by atoms with Gasteiger partial charge >= 0.3 is 0 Å². The van der Waals surface area contributed by atoms with E-state index in [1.54, 1.807) is 0 Å². The molecule has 1 heteroatoms. The van der Waals surface area contributed by atoms with Crippen LogP contribution >= 0.6 is 0 Å². The predicted molar refractivity (Wildman–Crippen MR) is 54.2 cm³/mol. The maximum absolute atomic E-state index is 3.66. The van der Waals surface area contributed by atoms with Gasteiger partial charge in [0.25, 0.3) is 0 Å². The van der Waals surface area contributed by atoms with Gasteiger partial charge in [-0.2, -0.15) is 0 Å². The highest BCUT2D eigenvalue weighted by atomic mass is 15.1. The van der Waals surface area contributed by atoms with Gasteiger partial charge in [-0.25, -0.2) is 0 Å². The Morgan fingerprint density at radius 1 is 0.833 bits per heavy atom. The summed E-state index contributed by atoms with van der Waals surface area (Å²) in [5.41, 5.74) is 0.865. The van der Waals surface area contributed by atoms with Gasteiger partial charge in [-0.1, -0.05) is 41.5 Å². The molecule has 0 spiro atoms. The maximum Gasteiger partial charge on any atom is 0.0133 e. The van der Waals surface area contributed by atoms with Crippen molar-refractivity contribution in [2.24, 2.45) is 10.8 Å². The lowest BCUT2D eigenvalue weighted by atomic mass is 9.70. The van der Waals surface area contributed by atoms with Gasteiger partial charge in [0.05, 0.1) is 0 Å². The van der Waals surface area contributed by atoms with Gasteiger partial charge in [0.15, 0.2) is 0 Å². The van der Waals surface area contributed by atoms with Crippen molar-refractivity contribution in [3.05, 3.63) is 0 Å². The number of hydrogen-bond donors (Lipinski definition) is 1. The molecule has 0 aromatic carbocycles. The van der Waals surface area contributed by atoms with Crippen LogP contribution in [-0.4, -0.2) is 12.1 Å². The van der Waals surface area contributed by atoms with Crippen molar-refractivity contribution in [1.82, 2.24) is 5.32 Å². The molecule has 1 rings (SSSR count). The quantitative estimate of drug-likeness (QED) is 0.588. The van der Waals surface area contributed by atoms with Gasteiger partial charge in [-0.3, -0.25) is 0 Å². The zero-order valence-electron chi connectivity index (χ0n) is 9.36. The first-order valence-corrected chi connectivity index (χ1v) is 4.97. The third-order valence-corrected chi connectivity index (χ3v) is 2.96. The molecule has 1 N–H and O–H groups in total. The van der Waals surface area contributed by atoms with E-state index < -0.39 is 0 Å². The fourth-order valence-corrected chi connectivity index (χ4v) is 1.66. The first-order chi connectivity index (χ1) is 5.21. The average molecular weight is 169 g/mol. The van der Waals surface area contributed by atoms with Crippen molar-refractivity contribution in [1.29, 1.82) is 0 Å². The minimum absolute atomic E-state index is 0.432. The lowest BCUT2D eigenvalue weighted by molar-refractivity contribution is 0.0725. The molecule has 1 aliphatic heterocycles. The second kappa shape index (κ2) is 2.73. The van der Waals surface area contributed by atoms with Crippen LogP contribution in [0.25, 0.3) is 0 Å². The van der Waals surface area contributed by atoms with E-state index in [0.717, 1.165) is 12.1 Å². The Bertz CT molecular complexity index is 135. The number of rotatable bonds is 0. The van der Waals surface area contributed by atoms with Crippen molar-refractivity contribution in [2.45, 2.75) is 60.0 Å². The van der Waals surface area contributed by atoms with E-state index >= 15 is 0 Å². The summed E-state index contributed by atoms with van der Waals surface area (Å²) in [7, 11) is 0. The largest absolute Gasteiger partial charge is 0.310 e. The molecule has 0 bridgehead atoms. The van der Waals surface area contributed by atoms with Gasteiger partial charge < -0.3 is 5.32 Å². The third-order valence-electron chi connectivity index (χ3n) is 2.96. The fraction of sp³-hybridized carbons (Fsp3) is 1.00. The van der Waals surface area contributed by atoms with Crippen LogP contribution in [-0.2, 0) is 0 Å². The molecule has 1 heterocycles. The van der Waals surface area contributed by atoms with Gasteiger partial charge in [0.1, 0.15) is 0 Å². The van der Waals surface area contributed by atoms with E-state index in [4.69, 9.17) is 0 Å². The Morgan fingerprint density at radius 2 is 1.08 bits per heavy atom. The van der Waals surface area contributed by atoms with Crippen LogP contribution in [0.3, 0.4) is 0 Å². The molecule has 12 heavy (non-hydrogen) atoms. The molecule has 0 saturated carbocycles. The van der Waals surface area contributed by atoms with Crippen molar-refractivity contribution in [3.8, 4) is 0 Å². The van der Waals surface area contributed by atoms with E-state index in [1.165, 1.54) is 6.42 Å². The normalized spacial score (nSPS) is 31.5. The highest BCUT2D eigenvalue weighted by Crippen LogP contribution is 2.36. The fourth-order valence-electron chi connectivity index (χ4n) is 1.66.